The van der Waals surface area contributed by atoms with Gasteiger partial charge in [0.2, 0.25) is 0 Å². The van der Waals surface area contributed by atoms with Gasteiger partial charge < -0.3 is 9.67 Å². The summed E-state index contributed by atoms with van der Waals surface area (Å²) in [5, 5.41) is 10.6. The molecule has 0 bridgehead atoms. The summed E-state index contributed by atoms with van der Waals surface area (Å²) in [5.74, 6) is 1.09. The molecule has 1 fully saturated rings. The van der Waals surface area contributed by atoms with Crippen molar-refractivity contribution in [3.05, 3.63) is 36.0 Å². The third kappa shape index (κ3) is 1.95. The minimum absolute atomic E-state index is 0.215. The first-order chi connectivity index (χ1) is 8.79. The van der Waals surface area contributed by atoms with E-state index in [4.69, 9.17) is 0 Å². The van der Waals surface area contributed by atoms with Crippen LogP contribution >= 0.6 is 0 Å². The summed E-state index contributed by atoms with van der Waals surface area (Å²) < 4.78 is 2.38. The molecule has 2 aromatic rings. The second-order valence-electron chi connectivity index (χ2n) is 5.63. The van der Waals surface area contributed by atoms with E-state index >= 15 is 0 Å². The van der Waals surface area contributed by atoms with Crippen LogP contribution < -0.4 is 0 Å². The van der Waals surface area contributed by atoms with Crippen LogP contribution in [0.5, 0.6) is 0 Å². The second kappa shape index (κ2) is 4.77. The van der Waals surface area contributed by atoms with E-state index in [0.717, 1.165) is 12.5 Å². The molecular formula is C16H21NO. The lowest BCUT2D eigenvalue weighted by Crippen LogP contribution is -2.17. The smallest absolute Gasteiger partial charge is 0.0497 e. The molecule has 1 atom stereocenters. The molecule has 0 saturated heterocycles. The highest BCUT2D eigenvalue weighted by atomic mass is 16.3. The summed E-state index contributed by atoms with van der Waals surface area (Å²) in [4.78, 5) is 0. The Bertz CT molecular complexity index is 539. The Morgan fingerprint density at radius 2 is 2.17 bits per heavy atom. The number of benzene rings is 1. The van der Waals surface area contributed by atoms with Crippen molar-refractivity contribution in [2.45, 2.75) is 38.6 Å². The van der Waals surface area contributed by atoms with Crippen molar-refractivity contribution in [2.24, 2.45) is 5.92 Å². The normalized spacial score (nSPS) is 17.9. The molecule has 1 N–H and O–H groups in total. The molecule has 96 valence electrons. The Hall–Kier alpha value is -1.28. The molecule has 3 rings (SSSR count). The zero-order valence-corrected chi connectivity index (χ0v) is 11.0. The van der Waals surface area contributed by atoms with Crippen LogP contribution in [0.25, 0.3) is 10.9 Å². The molecule has 2 nitrogen and oxygen atoms in total. The van der Waals surface area contributed by atoms with Gasteiger partial charge in [-0.05, 0) is 36.5 Å². The van der Waals surface area contributed by atoms with Gasteiger partial charge in [-0.1, -0.05) is 25.5 Å². The van der Waals surface area contributed by atoms with Crippen molar-refractivity contribution in [3.8, 4) is 0 Å². The molecule has 1 saturated carbocycles. The van der Waals surface area contributed by atoms with Gasteiger partial charge in [0.1, 0.15) is 0 Å². The number of hydrogen-bond donors (Lipinski definition) is 1. The molecule has 1 unspecified atom stereocenters. The van der Waals surface area contributed by atoms with Gasteiger partial charge in [-0.3, -0.25) is 0 Å². The van der Waals surface area contributed by atoms with Crippen molar-refractivity contribution in [2.75, 3.05) is 6.61 Å². The summed E-state index contributed by atoms with van der Waals surface area (Å²) in [7, 11) is 0. The number of hydrogen-bond acceptors (Lipinski definition) is 1. The van der Waals surface area contributed by atoms with Crippen molar-refractivity contribution in [1.82, 2.24) is 4.57 Å². The first kappa shape index (κ1) is 11.8. The number of aliphatic hydroxyl groups is 1. The van der Waals surface area contributed by atoms with Crippen molar-refractivity contribution in [3.63, 3.8) is 0 Å². The van der Waals surface area contributed by atoms with Crippen molar-refractivity contribution >= 4 is 10.9 Å². The van der Waals surface area contributed by atoms with Gasteiger partial charge in [-0.15, -0.1) is 0 Å². The van der Waals surface area contributed by atoms with Crippen LogP contribution in [0.4, 0.5) is 0 Å². The first-order valence-electron chi connectivity index (χ1n) is 6.98. The molecule has 0 amide bonds. The molecule has 0 radical (unpaired) electrons. The SMILES string of the molecule is CC(CO)c1cccc2c1ccn2CC1CCC1. The minimum atomic E-state index is 0.215. The monoisotopic (exact) mass is 243 g/mol. The lowest BCUT2D eigenvalue weighted by atomic mass is 9.85. The average Bonchev–Trinajstić information content (AvgIpc) is 2.76. The Balaban J connectivity index is 1.97. The standard InChI is InChI=1S/C16H21NO/c1-12(11-18)14-6-3-7-16-15(14)8-9-17(16)10-13-4-2-5-13/h3,6-9,12-13,18H,2,4-5,10-11H2,1H3. The Kier molecular flexibility index (Phi) is 3.13. The summed E-state index contributed by atoms with van der Waals surface area (Å²) in [5.41, 5.74) is 2.59. The van der Waals surface area contributed by atoms with E-state index in [2.05, 4.69) is 42.0 Å². The van der Waals surface area contributed by atoms with Crippen LogP contribution in [0.3, 0.4) is 0 Å². The highest BCUT2D eigenvalue weighted by molar-refractivity contribution is 5.84. The second-order valence-corrected chi connectivity index (χ2v) is 5.63. The van der Waals surface area contributed by atoms with Gasteiger partial charge in [-0.25, -0.2) is 0 Å². The molecule has 1 aliphatic carbocycles. The number of nitrogens with zero attached hydrogens (tertiary/aromatic N) is 1. The highest BCUT2D eigenvalue weighted by Crippen LogP contribution is 2.31. The van der Waals surface area contributed by atoms with E-state index in [1.54, 1.807) is 0 Å². The van der Waals surface area contributed by atoms with E-state index in [-0.39, 0.29) is 12.5 Å². The van der Waals surface area contributed by atoms with E-state index in [1.807, 2.05) is 0 Å². The first-order valence-corrected chi connectivity index (χ1v) is 6.98. The maximum absolute atomic E-state index is 9.34. The fourth-order valence-electron chi connectivity index (χ4n) is 2.89. The van der Waals surface area contributed by atoms with Crippen LogP contribution in [-0.2, 0) is 6.54 Å². The summed E-state index contributed by atoms with van der Waals surface area (Å²) in [6.07, 6.45) is 6.37. The van der Waals surface area contributed by atoms with Crippen LogP contribution in [0, 0.1) is 5.92 Å². The highest BCUT2D eigenvalue weighted by Gasteiger charge is 2.19. The average molecular weight is 243 g/mol. The number of aliphatic hydroxyl groups excluding tert-OH is 1. The molecule has 18 heavy (non-hydrogen) atoms. The van der Waals surface area contributed by atoms with Crippen LogP contribution in [0.1, 0.15) is 37.7 Å². The number of fused-ring (bicyclic) bond motifs is 1. The molecule has 2 heteroatoms. The van der Waals surface area contributed by atoms with E-state index < -0.39 is 0 Å². The fraction of sp³-hybridized carbons (Fsp3) is 0.500. The van der Waals surface area contributed by atoms with Crippen LogP contribution in [-0.4, -0.2) is 16.3 Å². The molecule has 1 aliphatic rings. The van der Waals surface area contributed by atoms with Gasteiger partial charge in [0, 0.05) is 36.2 Å². The van der Waals surface area contributed by atoms with Gasteiger partial charge in [0.05, 0.1) is 0 Å². The molecule has 0 aliphatic heterocycles. The quantitative estimate of drug-likeness (QED) is 0.873. The zero-order chi connectivity index (χ0) is 12.5. The predicted octanol–water partition coefficient (Wildman–Crippen LogP) is 3.54. The molecule has 0 spiro atoms. The van der Waals surface area contributed by atoms with Gasteiger partial charge >= 0.3 is 0 Å². The van der Waals surface area contributed by atoms with Crippen LogP contribution in [0.15, 0.2) is 30.5 Å². The maximum Gasteiger partial charge on any atom is 0.0497 e. The molecule has 1 aromatic carbocycles. The topological polar surface area (TPSA) is 25.2 Å². The van der Waals surface area contributed by atoms with Gasteiger partial charge in [0.15, 0.2) is 0 Å². The Labute approximate surface area is 108 Å². The van der Waals surface area contributed by atoms with E-state index in [9.17, 15) is 5.11 Å². The minimum Gasteiger partial charge on any atom is -0.396 e. The third-order valence-corrected chi connectivity index (χ3v) is 4.33. The van der Waals surface area contributed by atoms with Gasteiger partial charge in [0.25, 0.3) is 0 Å². The molecule has 1 heterocycles. The Morgan fingerprint density at radius 1 is 1.33 bits per heavy atom. The van der Waals surface area contributed by atoms with Crippen molar-refractivity contribution < 1.29 is 5.11 Å². The lowest BCUT2D eigenvalue weighted by Gasteiger charge is -2.26. The van der Waals surface area contributed by atoms with E-state index in [0.29, 0.717) is 0 Å². The number of rotatable bonds is 4. The predicted molar refractivity (Wildman–Crippen MR) is 74.8 cm³/mol. The fourth-order valence-corrected chi connectivity index (χ4v) is 2.89. The number of aromatic nitrogens is 1. The van der Waals surface area contributed by atoms with E-state index in [1.165, 1.54) is 35.7 Å². The van der Waals surface area contributed by atoms with Crippen molar-refractivity contribution in [1.29, 1.82) is 0 Å². The third-order valence-electron chi connectivity index (χ3n) is 4.33. The van der Waals surface area contributed by atoms with Crippen LogP contribution in [0.2, 0.25) is 0 Å². The Morgan fingerprint density at radius 3 is 2.83 bits per heavy atom. The zero-order valence-electron chi connectivity index (χ0n) is 11.0. The lowest BCUT2D eigenvalue weighted by molar-refractivity contribution is 0.273. The maximum atomic E-state index is 9.34. The van der Waals surface area contributed by atoms with Gasteiger partial charge in [-0.2, -0.15) is 0 Å². The summed E-state index contributed by atoms with van der Waals surface area (Å²) >= 11 is 0. The summed E-state index contributed by atoms with van der Waals surface area (Å²) in [6.45, 7) is 3.45. The summed E-state index contributed by atoms with van der Waals surface area (Å²) in [6, 6.07) is 8.65. The largest absolute Gasteiger partial charge is 0.396 e. The molecule has 1 aromatic heterocycles. The molecular weight excluding hydrogens is 222 g/mol.